The fourth-order valence-electron chi connectivity index (χ4n) is 2.43. The first kappa shape index (κ1) is 12.8. The van der Waals surface area contributed by atoms with E-state index in [2.05, 4.69) is 38.7 Å². The molecular formula is C15H20N2O. The molecule has 0 saturated carbocycles. The minimum Gasteiger partial charge on any atom is -0.387 e. The molecule has 0 bridgehead atoms. The number of benzene rings is 1. The van der Waals surface area contributed by atoms with E-state index in [9.17, 15) is 5.11 Å². The molecule has 0 amide bonds. The number of aliphatic hydroxyl groups is 1. The maximum absolute atomic E-state index is 10.5. The van der Waals surface area contributed by atoms with E-state index in [4.69, 9.17) is 0 Å². The first-order valence-corrected chi connectivity index (χ1v) is 6.21. The number of rotatable bonds is 3. The predicted molar refractivity (Wildman–Crippen MR) is 72.6 cm³/mol. The van der Waals surface area contributed by atoms with E-state index in [-0.39, 0.29) is 0 Å². The highest BCUT2D eigenvalue weighted by atomic mass is 16.3. The van der Waals surface area contributed by atoms with Crippen molar-refractivity contribution in [1.29, 1.82) is 0 Å². The first-order valence-electron chi connectivity index (χ1n) is 6.21. The van der Waals surface area contributed by atoms with Crippen LogP contribution >= 0.6 is 0 Å². The second kappa shape index (κ2) is 4.94. The third kappa shape index (κ3) is 2.31. The van der Waals surface area contributed by atoms with Crippen LogP contribution in [0.25, 0.3) is 0 Å². The van der Waals surface area contributed by atoms with Crippen LogP contribution in [0.1, 0.15) is 33.9 Å². The van der Waals surface area contributed by atoms with Gasteiger partial charge < -0.3 is 9.67 Å². The number of nitrogens with zero attached hydrogens (tertiary/aromatic N) is 2. The van der Waals surface area contributed by atoms with Crippen LogP contribution in [0.3, 0.4) is 0 Å². The molecule has 0 fully saturated rings. The molecule has 0 radical (unpaired) electrons. The Labute approximate surface area is 108 Å². The van der Waals surface area contributed by atoms with Crippen molar-refractivity contribution >= 4 is 0 Å². The fraction of sp³-hybridized carbons (Fsp3) is 0.400. The SMILES string of the molecule is Cc1cc(C)c(C)c(C(O)Cn2ccnc2)c1C. The van der Waals surface area contributed by atoms with Gasteiger partial charge in [-0.3, -0.25) is 0 Å². The van der Waals surface area contributed by atoms with Crippen molar-refractivity contribution < 1.29 is 5.11 Å². The molecule has 1 atom stereocenters. The van der Waals surface area contributed by atoms with Gasteiger partial charge in [-0.25, -0.2) is 4.98 Å². The molecule has 0 aliphatic heterocycles. The number of hydrogen-bond acceptors (Lipinski definition) is 2. The standard InChI is InChI=1S/C15H20N2O/c1-10-7-11(2)13(4)15(12(10)3)14(18)8-17-6-5-16-9-17/h5-7,9,14,18H,8H2,1-4H3. The van der Waals surface area contributed by atoms with Crippen LogP contribution in [-0.2, 0) is 6.54 Å². The normalized spacial score (nSPS) is 12.7. The van der Waals surface area contributed by atoms with E-state index >= 15 is 0 Å². The fourth-order valence-corrected chi connectivity index (χ4v) is 2.43. The number of aliphatic hydroxyl groups excluding tert-OH is 1. The molecular weight excluding hydrogens is 224 g/mol. The van der Waals surface area contributed by atoms with Crippen molar-refractivity contribution in [3.05, 3.63) is 52.6 Å². The van der Waals surface area contributed by atoms with E-state index < -0.39 is 6.10 Å². The molecule has 96 valence electrons. The van der Waals surface area contributed by atoms with Crippen LogP contribution in [0.5, 0.6) is 0 Å². The van der Waals surface area contributed by atoms with Gasteiger partial charge in [-0.15, -0.1) is 0 Å². The number of hydrogen-bond donors (Lipinski definition) is 1. The molecule has 1 aromatic heterocycles. The monoisotopic (exact) mass is 244 g/mol. The molecule has 1 heterocycles. The lowest BCUT2D eigenvalue weighted by Gasteiger charge is -2.20. The Kier molecular flexibility index (Phi) is 3.53. The lowest BCUT2D eigenvalue weighted by Crippen LogP contribution is -2.11. The van der Waals surface area contributed by atoms with Gasteiger partial charge in [-0.1, -0.05) is 6.07 Å². The summed E-state index contributed by atoms with van der Waals surface area (Å²) in [5.74, 6) is 0. The summed E-state index contributed by atoms with van der Waals surface area (Å²) in [5, 5.41) is 10.5. The summed E-state index contributed by atoms with van der Waals surface area (Å²) in [7, 11) is 0. The maximum Gasteiger partial charge on any atom is 0.0974 e. The van der Waals surface area contributed by atoms with Gasteiger partial charge in [0.25, 0.3) is 0 Å². The Morgan fingerprint density at radius 1 is 1.17 bits per heavy atom. The van der Waals surface area contributed by atoms with Crippen LogP contribution in [0.2, 0.25) is 0 Å². The molecule has 1 N–H and O–H groups in total. The highest BCUT2D eigenvalue weighted by Gasteiger charge is 2.16. The summed E-state index contributed by atoms with van der Waals surface area (Å²) < 4.78 is 1.90. The first-order chi connectivity index (χ1) is 8.50. The molecule has 1 aromatic carbocycles. The lowest BCUT2D eigenvalue weighted by atomic mass is 9.91. The third-order valence-electron chi connectivity index (χ3n) is 3.70. The number of aryl methyl sites for hydroxylation is 2. The summed E-state index contributed by atoms with van der Waals surface area (Å²) in [6, 6.07) is 2.18. The topological polar surface area (TPSA) is 38.0 Å². The summed E-state index contributed by atoms with van der Waals surface area (Å²) in [6.07, 6.45) is 4.85. The molecule has 2 aromatic rings. The van der Waals surface area contributed by atoms with Gasteiger partial charge >= 0.3 is 0 Å². The molecule has 3 nitrogen and oxygen atoms in total. The van der Waals surface area contributed by atoms with Crippen LogP contribution in [0.4, 0.5) is 0 Å². The molecule has 3 heteroatoms. The van der Waals surface area contributed by atoms with Crippen LogP contribution < -0.4 is 0 Å². The van der Waals surface area contributed by atoms with Crippen LogP contribution in [-0.4, -0.2) is 14.7 Å². The van der Waals surface area contributed by atoms with Gasteiger partial charge in [0.05, 0.1) is 19.0 Å². The Hall–Kier alpha value is -1.61. The molecule has 2 rings (SSSR count). The van der Waals surface area contributed by atoms with Crippen molar-refractivity contribution in [2.24, 2.45) is 0 Å². The zero-order valence-corrected chi connectivity index (χ0v) is 11.4. The second-order valence-corrected chi connectivity index (χ2v) is 4.95. The molecule has 0 aliphatic carbocycles. The maximum atomic E-state index is 10.5. The van der Waals surface area contributed by atoms with Crippen LogP contribution in [0.15, 0.2) is 24.8 Å². The van der Waals surface area contributed by atoms with Crippen molar-refractivity contribution in [3.8, 4) is 0 Å². The Balaban J connectivity index is 2.38. The minimum absolute atomic E-state index is 0.488. The Morgan fingerprint density at radius 2 is 1.78 bits per heavy atom. The van der Waals surface area contributed by atoms with E-state index in [1.54, 1.807) is 12.5 Å². The summed E-state index contributed by atoms with van der Waals surface area (Å²) in [6.45, 7) is 8.89. The third-order valence-corrected chi connectivity index (χ3v) is 3.70. The zero-order chi connectivity index (χ0) is 13.3. The summed E-state index contributed by atoms with van der Waals surface area (Å²) in [4.78, 5) is 4.00. The molecule has 0 aliphatic rings. The van der Waals surface area contributed by atoms with Crippen LogP contribution in [0, 0.1) is 27.7 Å². The van der Waals surface area contributed by atoms with Gasteiger partial charge in [0.1, 0.15) is 0 Å². The molecule has 0 spiro atoms. The highest BCUT2D eigenvalue weighted by Crippen LogP contribution is 2.28. The van der Waals surface area contributed by atoms with E-state index in [1.807, 2.05) is 10.8 Å². The molecule has 18 heavy (non-hydrogen) atoms. The molecule has 1 unspecified atom stereocenters. The van der Waals surface area contributed by atoms with E-state index in [0.717, 1.165) is 5.56 Å². The average molecular weight is 244 g/mol. The Bertz CT molecular complexity index is 518. The predicted octanol–water partition coefficient (Wildman–Crippen LogP) is 2.85. The molecule has 0 saturated heterocycles. The van der Waals surface area contributed by atoms with Gasteiger partial charge in [-0.2, -0.15) is 0 Å². The minimum atomic E-state index is -0.488. The van der Waals surface area contributed by atoms with Crippen molar-refractivity contribution in [2.45, 2.75) is 40.3 Å². The second-order valence-electron chi connectivity index (χ2n) is 4.95. The Morgan fingerprint density at radius 3 is 2.28 bits per heavy atom. The number of aromatic nitrogens is 2. The number of imidazole rings is 1. The smallest absolute Gasteiger partial charge is 0.0974 e. The largest absolute Gasteiger partial charge is 0.387 e. The lowest BCUT2D eigenvalue weighted by molar-refractivity contribution is 0.155. The van der Waals surface area contributed by atoms with Crippen molar-refractivity contribution in [1.82, 2.24) is 9.55 Å². The van der Waals surface area contributed by atoms with Gasteiger partial charge in [0, 0.05) is 12.4 Å². The van der Waals surface area contributed by atoms with Gasteiger partial charge in [0.15, 0.2) is 0 Å². The van der Waals surface area contributed by atoms with Crippen molar-refractivity contribution in [3.63, 3.8) is 0 Å². The van der Waals surface area contributed by atoms with E-state index in [0.29, 0.717) is 6.54 Å². The summed E-state index contributed by atoms with van der Waals surface area (Å²) >= 11 is 0. The zero-order valence-electron chi connectivity index (χ0n) is 11.4. The van der Waals surface area contributed by atoms with Gasteiger partial charge in [0.2, 0.25) is 0 Å². The quantitative estimate of drug-likeness (QED) is 0.901. The van der Waals surface area contributed by atoms with Crippen molar-refractivity contribution in [2.75, 3.05) is 0 Å². The highest BCUT2D eigenvalue weighted by molar-refractivity contribution is 5.45. The average Bonchev–Trinajstić information content (AvgIpc) is 2.79. The summed E-state index contributed by atoms with van der Waals surface area (Å²) in [5.41, 5.74) is 5.90. The van der Waals surface area contributed by atoms with Gasteiger partial charge in [-0.05, 0) is 55.5 Å². The van der Waals surface area contributed by atoms with E-state index in [1.165, 1.54) is 22.3 Å².